The molecule has 1 fully saturated rings. The van der Waals surface area contributed by atoms with Crippen molar-refractivity contribution >= 4 is 66.7 Å². The second-order valence-corrected chi connectivity index (χ2v) is 24.6. The van der Waals surface area contributed by atoms with Gasteiger partial charge in [-0.25, -0.2) is 14.4 Å². The van der Waals surface area contributed by atoms with Gasteiger partial charge in [-0.3, -0.25) is 40.2 Å². The molecule has 4 aliphatic rings. The summed E-state index contributed by atoms with van der Waals surface area (Å²) in [5.74, 6) is 1.00. The van der Waals surface area contributed by atoms with E-state index in [1.165, 1.54) is 15.4 Å². The predicted molar refractivity (Wildman–Crippen MR) is 368 cm³/mol. The number of carbonyl (C=O) groups is 6. The molecule has 0 radical (unpaired) electrons. The Hall–Kier alpha value is -9.90. The number of nitrogens with two attached hydrogens (primary N) is 4. The van der Waals surface area contributed by atoms with Gasteiger partial charge >= 0.3 is 18.0 Å². The zero-order valence-electron chi connectivity index (χ0n) is 56.5. The number of carbonyl (C=O) groups excluding carboxylic acids is 6. The molecule has 5 aromatic carbocycles. The maximum Gasteiger partial charge on any atom is 0.415 e. The van der Waals surface area contributed by atoms with E-state index in [0.717, 1.165) is 24.9 Å². The fourth-order valence-electron chi connectivity index (χ4n) is 12.6. The van der Waals surface area contributed by atoms with Crippen LogP contribution in [0.4, 0.5) is 4.79 Å². The molecule has 5 aromatic rings. The normalized spacial score (nSPS) is 19.1. The summed E-state index contributed by atoms with van der Waals surface area (Å²) in [4.78, 5) is 86.4. The van der Waals surface area contributed by atoms with E-state index in [0.29, 0.717) is 85.1 Å². The summed E-state index contributed by atoms with van der Waals surface area (Å²) in [6.45, 7) is 7.14. The van der Waals surface area contributed by atoms with Crippen LogP contribution in [0, 0.1) is 16.2 Å². The molecule has 4 amide bonds. The van der Waals surface area contributed by atoms with Crippen molar-refractivity contribution in [3.8, 4) is 34.5 Å². The maximum atomic E-state index is 14.7. The fourth-order valence-corrected chi connectivity index (χ4v) is 12.7. The number of likely N-dealkylation sites (N-methyl/N-ethyl adjacent to an activating group) is 3. The number of hydrogen-bond donors (Lipinski definition) is 11. The molecule has 1 saturated heterocycles. The Morgan fingerprint density at radius 2 is 1.35 bits per heavy atom. The number of unbranched alkanes of at least 4 members (excludes halogenated alkanes) is 1. The fraction of sp³-hybridized carbons (Fsp3) is 0.406. The lowest BCUT2D eigenvalue weighted by Crippen LogP contribution is -2.69. The van der Waals surface area contributed by atoms with Crippen LogP contribution in [0.1, 0.15) is 104 Å². The Morgan fingerprint density at radius 3 is 1.90 bits per heavy atom. The highest BCUT2D eigenvalue weighted by Gasteiger charge is 2.70. The first-order valence-corrected chi connectivity index (χ1v) is 32.3. The Labute approximate surface area is 571 Å². The van der Waals surface area contributed by atoms with Gasteiger partial charge in [-0.2, -0.15) is 0 Å². The van der Waals surface area contributed by atoms with Crippen LogP contribution in [0.25, 0.3) is 0 Å². The van der Waals surface area contributed by atoms with Crippen molar-refractivity contribution in [1.82, 2.24) is 35.4 Å². The molecular formula is C69H88N14O13S. The first-order valence-electron chi connectivity index (χ1n) is 32.3. The number of esters is 2. The summed E-state index contributed by atoms with van der Waals surface area (Å²) < 4.78 is 52.0. The van der Waals surface area contributed by atoms with Gasteiger partial charge < -0.3 is 81.4 Å². The van der Waals surface area contributed by atoms with E-state index < -0.39 is 60.0 Å². The average Bonchev–Trinajstić information content (AvgIpc) is 1.42. The van der Waals surface area contributed by atoms with E-state index in [-0.39, 0.29) is 83.5 Å². The number of amides is 4. The highest BCUT2D eigenvalue weighted by atomic mass is 32.1. The van der Waals surface area contributed by atoms with E-state index in [2.05, 4.69) is 63.4 Å². The van der Waals surface area contributed by atoms with Crippen molar-refractivity contribution in [2.24, 2.45) is 33.3 Å². The van der Waals surface area contributed by atoms with E-state index in [9.17, 15) is 28.8 Å². The first kappa shape index (κ1) is 71.4. The Bertz CT molecular complexity index is 3750. The number of piperidine rings is 1. The number of nitrogens with zero attached hydrogens (tertiary/aromatic N) is 4. The minimum atomic E-state index is -0.814. The molecule has 8 atom stereocenters. The Morgan fingerprint density at radius 1 is 0.794 bits per heavy atom. The van der Waals surface area contributed by atoms with Crippen LogP contribution in [0.5, 0.6) is 34.5 Å². The molecule has 27 nitrogen and oxygen atoms in total. The van der Waals surface area contributed by atoms with Crippen LogP contribution in [0.2, 0.25) is 0 Å². The van der Waals surface area contributed by atoms with Gasteiger partial charge in [-0.15, -0.1) is 0 Å². The van der Waals surface area contributed by atoms with Gasteiger partial charge in [-0.1, -0.05) is 32.7 Å². The SMILES string of the molecule is COc1ccc2c3c1O[C@H]1C(OC(=O)N(C)C(CNC(=O)[C@H](CCCCN=C(N)N)NCOc4ccc(C(=O)Oc5ccc(C(=N)N)cc5)cc4)COc4ccc(C(=O)Oc5ccc(C(=N)N)cc5)cc4)=CC[C@@]4(C)[C@@H](C2)N(C)CC[C@]314.[2H]C(=O)N(C)C(CC)CNC(=O)C(C)NS. The van der Waals surface area contributed by atoms with Crippen molar-refractivity contribution in [1.29, 1.82) is 10.8 Å². The molecule has 2 aliphatic heterocycles. The topological polar surface area (TPSA) is 389 Å². The van der Waals surface area contributed by atoms with Gasteiger partial charge in [0.15, 0.2) is 23.6 Å². The molecule has 28 heteroatoms. The van der Waals surface area contributed by atoms with Crippen LogP contribution in [-0.4, -0.2) is 173 Å². The molecule has 0 aromatic heterocycles. The molecule has 9 rings (SSSR count). The van der Waals surface area contributed by atoms with Gasteiger partial charge in [0.1, 0.15) is 55.1 Å². The molecule has 1 spiro atoms. The molecule has 2 aliphatic carbocycles. The van der Waals surface area contributed by atoms with Gasteiger partial charge in [0.05, 0.1) is 41.8 Å². The van der Waals surface area contributed by atoms with Crippen LogP contribution in [-0.2, 0) is 31.0 Å². The number of aliphatic imine (C=N–C) groups is 1. The highest BCUT2D eigenvalue weighted by molar-refractivity contribution is 7.78. The molecule has 518 valence electrons. The summed E-state index contributed by atoms with van der Waals surface area (Å²) >= 11 is 3.79. The lowest BCUT2D eigenvalue weighted by atomic mass is 9.45. The molecule has 3 unspecified atom stereocenters. The second-order valence-electron chi connectivity index (χ2n) is 24.4. The van der Waals surface area contributed by atoms with Crippen LogP contribution >= 0.6 is 12.8 Å². The van der Waals surface area contributed by atoms with Crippen LogP contribution in [0.3, 0.4) is 0 Å². The number of thiol groups is 1. The second kappa shape index (κ2) is 33.2. The number of likely N-dealkylation sites (tertiary alicyclic amines) is 1. The van der Waals surface area contributed by atoms with E-state index >= 15 is 0 Å². The van der Waals surface area contributed by atoms with Crippen molar-refractivity contribution < 1.29 is 63.3 Å². The third kappa shape index (κ3) is 17.4. The van der Waals surface area contributed by atoms with E-state index in [1.807, 2.05) is 19.1 Å². The molecule has 0 saturated carbocycles. The predicted octanol–water partition coefficient (Wildman–Crippen LogP) is 5.12. The molecule has 2 heterocycles. The third-order valence-electron chi connectivity index (χ3n) is 18.4. The van der Waals surface area contributed by atoms with Crippen molar-refractivity contribution in [3.05, 3.63) is 154 Å². The summed E-state index contributed by atoms with van der Waals surface area (Å²) in [5, 5.41) is 24.1. The Balaban J connectivity index is 0.000000678. The van der Waals surface area contributed by atoms with Gasteiger partial charge in [-0.05, 0) is 180 Å². The van der Waals surface area contributed by atoms with Crippen molar-refractivity contribution in [2.45, 2.75) is 107 Å². The summed E-state index contributed by atoms with van der Waals surface area (Å²) in [6.07, 6.45) is 4.39. The molecule has 2 bridgehead atoms. The quantitative estimate of drug-likeness (QED) is 0.00415. The van der Waals surface area contributed by atoms with Crippen LogP contribution in [0.15, 0.2) is 126 Å². The van der Waals surface area contributed by atoms with Gasteiger partial charge in [0.25, 0.3) is 0 Å². The lowest BCUT2D eigenvalue weighted by molar-refractivity contribution is -0.124. The van der Waals surface area contributed by atoms with Crippen LogP contribution < -0.4 is 72.0 Å². The average molecular weight is 1350 g/mol. The number of amidine groups is 2. The number of methoxy groups -OCH3 is 1. The number of hydrogen-bond acceptors (Lipinski definition) is 20. The summed E-state index contributed by atoms with van der Waals surface area (Å²) in [5.41, 5.74) is 25.3. The third-order valence-corrected chi connectivity index (χ3v) is 18.8. The number of rotatable bonds is 30. The number of ether oxygens (including phenoxy) is 7. The maximum absolute atomic E-state index is 14.7. The monoisotopic (exact) mass is 1350 g/mol. The number of allylic oxidation sites excluding steroid dienone is 1. The highest BCUT2D eigenvalue weighted by Crippen LogP contribution is 2.69. The molecule has 97 heavy (non-hydrogen) atoms. The summed E-state index contributed by atoms with van der Waals surface area (Å²) in [7, 11) is 6.93. The number of guanidine groups is 1. The minimum Gasteiger partial charge on any atom is -0.493 e. The first-order chi connectivity index (χ1) is 46.8. The summed E-state index contributed by atoms with van der Waals surface area (Å²) in [6, 6.07) is 27.3. The zero-order valence-corrected chi connectivity index (χ0v) is 56.4. The Kier molecular flexibility index (Phi) is 24.4. The number of benzene rings is 5. The molecular weight excluding hydrogens is 1260 g/mol. The van der Waals surface area contributed by atoms with E-state index in [1.54, 1.807) is 125 Å². The number of nitrogen functional groups attached to an aromatic ring is 2. The lowest BCUT2D eigenvalue weighted by Gasteiger charge is -2.63. The number of nitrogens with one attached hydrogen (secondary N) is 6. The van der Waals surface area contributed by atoms with E-state index in [4.69, 9.17) is 68.3 Å². The standard InChI is InChI=1S/C60H69N11O11.C9H19N3O2S/c1-59-27-26-47(51-60(59)28-30-70(2)48(59)31-39-16-25-46(76-4)50(82-51)49(39)60)81-58(75)71(3)40(33-77-41-17-12-37(13-18-41)55(73)79-43-21-8-35(9-22-43)52(61)62)32-68-54(72)45(7-5-6-29-67-57(65)66)69-34-78-42-19-14-38(15-20-42)56(74)80-44-23-10-36(11-24-44)53(63)64;1-4-8(12(3)6-13)5-10-9(14)7(2)11-15/h8-26,40,45,48,51,69H,5-7,27-34H2,1-4H3,(H3,61,62)(H3,63,64)(H,68,72)(H4,65,66,67);6-8,11,15H,4-5H2,1-3H3,(H,10,14)/t40?,45-,48+,51-,59-,60-;/m0./s1/i;6D. The molecule has 14 N–H and O–H groups in total. The zero-order chi connectivity index (χ0) is 71.0. The minimum absolute atomic E-state index is 0.0376. The van der Waals surface area contributed by atoms with Gasteiger partial charge in [0, 0.05) is 67.9 Å². The van der Waals surface area contributed by atoms with Crippen molar-refractivity contribution in [2.75, 3.05) is 67.8 Å². The van der Waals surface area contributed by atoms with Gasteiger partial charge in [0.2, 0.25) is 18.2 Å². The smallest absolute Gasteiger partial charge is 0.415 e. The largest absolute Gasteiger partial charge is 0.493 e. The van der Waals surface area contributed by atoms with Crippen molar-refractivity contribution in [3.63, 3.8) is 0 Å².